The maximum atomic E-state index is 12.4. The molecule has 1 saturated heterocycles. The van der Waals surface area contributed by atoms with E-state index >= 15 is 0 Å². The molecule has 0 aliphatic carbocycles. The first-order valence-electron chi connectivity index (χ1n) is 6.45. The summed E-state index contributed by atoms with van der Waals surface area (Å²) in [6.45, 7) is 2.88. The molecule has 1 aromatic heterocycles. The van der Waals surface area contributed by atoms with E-state index in [1.807, 2.05) is 6.92 Å². The van der Waals surface area contributed by atoms with Crippen molar-refractivity contribution in [2.75, 3.05) is 6.54 Å². The number of nitrogens with one attached hydrogen (secondary N) is 2. The largest absolute Gasteiger partial charge is 0.433 e. The van der Waals surface area contributed by atoms with E-state index < -0.39 is 17.8 Å². The van der Waals surface area contributed by atoms with Gasteiger partial charge in [-0.1, -0.05) is 0 Å². The summed E-state index contributed by atoms with van der Waals surface area (Å²) in [5.74, 6) is -0.397. The summed E-state index contributed by atoms with van der Waals surface area (Å²) < 4.78 is 37.1. The zero-order chi connectivity index (χ0) is 14.8. The van der Waals surface area contributed by atoms with Crippen LogP contribution in [0, 0.1) is 0 Å². The Morgan fingerprint density at radius 3 is 2.55 bits per heavy atom. The Bertz CT molecular complexity index is 482. The normalized spacial score (nSPS) is 21.3. The molecule has 1 fully saturated rings. The summed E-state index contributed by atoms with van der Waals surface area (Å²) in [5.41, 5.74) is -0.863. The van der Waals surface area contributed by atoms with Crippen LogP contribution in [0.4, 0.5) is 13.2 Å². The van der Waals surface area contributed by atoms with Crippen LogP contribution in [-0.2, 0) is 6.18 Å². The lowest BCUT2D eigenvalue weighted by Crippen LogP contribution is -2.51. The lowest BCUT2D eigenvalue weighted by molar-refractivity contribution is -0.141. The van der Waals surface area contributed by atoms with Crippen molar-refractivity contribution in [2.24, 2.45) is 0 Å². The first kappa shape index (κ1) is 20.9. The predicted octanol–water partition coefficient (Wildman–Crippen LogP) is 2.81. The number of amides is 1. The van der Waals surface area contributed by atoms with Crippen molar-refractivity contribution < 1.29 is 18.0 Å². The van der Waals surface area contributed by atoms with Gasteiger partial charge in [0.05, 0.1) is 5.56 Å². The average molecular weight is 360 g/mol. The summed E-state index contributed by atoms with van der Waals surface area (Å²) in [6, 6.07) is 2.09. The topological polar surface area (TPSA) is 54.0 Å². The van der Waals surface area contributed by atoms with Gasteiger partial charge in [0.25, 0.3) is 5.91 Å². The van der Waals surface area contributed by atoms with Gasteiger partial charge >= 0.3 is 6.18 Å². The number of carbonyl (C=O) groups excluding carboxylic acids is 1. The van der Waals surface area contributed by atoms with Gasteiger partial charge in [-0.2, -0.15) is 13.2 Å². The Labute approximate surface area is 139 Å². The van der Waals surface area contributed by atoms with Crippen LogP contribution in [0.25, 0.3) is 0 Å². The van der Waals surface area contributed by atoms with Crippen molar-refractivity contribution in [3.05, 3.63) is 29.6 Å². The Balaban J connectivity index is 0.00000220. The second-order valence-electron chi connectivity index (χ2n) is 4.89. The molecule has 0 bridgehead atoms. The van der Waals surface area contributed by atoms with E-state index in [4.69, 9.17) is 0 Å². The number of alkyl halides is 3. The van der Waals surface area contributed by atoms with Gasteiger partial charge < -0.3 is 10.6 Å². The SMILES string of the molecule is CC1NCCCC1NC(=O)c1ccc(C(F)(F)F)nc1.Cl.Cl. The van der Waals surface area contributed by atoms with Crippen LogP contribution in [0.5, 0.6) is 0 Å². The van der Waals surface area contributed by atoms with Crippen LogP contribution in [-0.4, -0.2) is 29.5 Å². The molecule has 1 aliphatic rings. The van der Waals surface area contributed by atoms with Crippen molar-refractivity contribution >= 4 is 30.7 Å². The van der Waals surface area contributed by atoms with E-state index in [1.165, 1.54) is 0 Å². The number of carbonyl (C=O) groups is 1. The number of nitrogens with zero attached hydrogens (tertiary/aromatic N) is 1. The van der Waals surface area contributed by atoms with Crippen molar-refractivity contribution in [1.82, 2.24) is 15.6 Å². The Morgan fingerprint density at radius 1 is 1.36 bits per heavy atom. The molecule has 1 aliphatic heterocycles. The third-order valence-electron chi connectivity index (χ3n) is 3.39. The second-order valence-corrected chi connectivity index (χ2v) is 4.89. The fourth-order valence-electron chi connectivity index (χ4n) is 2.19. The molecule has 1 aromatic rings. The van der Waals surface area contributed by atoms with E-state index in [9.17, 15) is 18.0 Å². The highest BCUT2D eigenvalue weighted by molar-refractivity contribution is 5.94. The summed E-state index contributed by atoms with van der Waals surface area (Å²) in [4.78, 5) is 15.2. The van der Waals surface area contributed by atoms with Crippen molar-refractivity contribution in [1.29, 1.82) is 0 Å². The molecule has 2 rings (SSSR count). The Kier molecular flexibility index (Phi) is 8.14. The van der Waals surface area contributed by atoms with Crippen LogP contribution in [0.3, 0.4) is 0 Å². The molecule has 126 valence electrons. The predicted molar refractivity (Wildman–Crippen MR) is 81.7 cm³/mol. The van der Waals surface area contributed by atoms with Crippen molar-refractivity contribution in [3.8, 4) is 0 Å². The minimum atomic E-state index is -4.49. The molecule has 2 atom stereocenters. The van der Waals surface area contributed by atoms with E-state index in [2.05, 4.69) is 15.6 Å². The molecule has 2 unspecified atom stereocenters. The lowest BCUT2D eigenvalue weighted by Gasteiger charge is -2.30. The minimum Gasteiger partial charge on any atom is -0.348 e. The number of aromatic nitrogens is 1. The quantitative estimate of drug-likeness (QED) is 0.853. The standard InChI is InChI=1S/C13H16F3N3O.2ClH/c1-8-10(3-2-6-17-8)19-12(20)9-4-5-11(18-7-9)13(14,15)16;;/h4-5,7-8,10,17H,2-3,6H2,1H3,(H,19,20);2*1H. The monoisotopic (exact) mass is 359 g/mol. The third kappa shape index (κ3) is 5.30. The lowest BCUT2D eigenvalue weighted by atomic mass is 9.99. The number of hydrogen-bond acceptors (Lipinski definition) is 3. The number of hydrogen-bond donors (Lipinski definition) is 2. The maximum absolute atomic E-state index is 12.4. The molecule has 0 saturated carbocycles. The van der Waals surface area contributed by atoms with Crippen LogP contribution < -0.4 is 10.6 Å². The van der Waals surface area contributed by atoms with E-state index in [1.54, 1.807) is 0 Å². The molecule has 1 amide bonds. The van der Waals surface area contributed by atoms with Gasteiger partial charge in [0.2, 0.25) is 0 Å². The van der Waals surface area contributed by atoms with E-state index in [0.717, 1.165) is 37.7 Å². The summed E-state index contributed by atoms with van der Waals surface area (Å²) in [5, 5.41) is 6.06. The summed E-state index contributed by atoms with van der Waals surface area (Å²) >= 11 is 0. The zero-order valence-electron chi connectivity index (χ0n) is 11.8. The van der Waals surface area contributed by atoms with Crippen LogP contribution in [0.1, 0.15) is 35.8 Å². The zero-order valence-corrected chi connectivity index (χ0v) is 13.4. The van der Waals surface area contributed by atoms with E-state index in [-0.39, 0.29) is 42.5 Å². The van der Waals surface area contributed by atoms with Gasteiger partial charge in [0.1, 0.15) is 5.69 Å². The first-order valence-corrected chi connectivity index (χ1v) is 6.45. The smallest absolute Gasteiger partial charge is 0.348 e. The molecule has 22 heavy (non-hydrogen) atoms. The molecule has 4 nitrogen and oxygen atoms in total. The van der Waals surface area contributed by atoms with Gasteiger partial charge in [-0.05, 0) is 38.4 Å². The summed E-state index contributed by atoms with van der Waals surface area (Å²) in [7, 11) is 0. The second kappa shape index (κ2) is 8.55. The molecular weight excluding hydrogens is 342 g/mol. The molecule has 0 spiro atoms. The fourth-order valence-corrected chi connectivity index (χ4v) is 2.19. The van der Waals surface area contributed by atoms with E-state index in [0.29, 0.717) is 0 Å². The van der Waals surface area contributed by atoms with Gasteiger partial charge in [-0.15, -0.1) is 24.8 Å². The highest BCUT2D eigenvalue weighted by atomic mass is 35.5. The van der Waals surface area contributed by atoms with Gasteiger partial charge in [0, 0.05) is 18.3 Å². The molecule has 0 aromatic carbocycles. The maximum Gasteiger partial charge on any atom is 0.433 e. The minimum absolute atomic E-state index is 0. The van der Waals surface area contributed by atoms with Gasteiger partial charge in [-0.3, -0.25) is 9.78 Å². The highest BCUT2D eigenvalue weighted by Crippen LogP contribution is 2.27. The molecule has 2 heterocycles. The Hall–Kier alpha value is -1.05. The Morgan fingerprint density at radius 2 is 2.05 bits per heavy atom. The van der Waals surface area contributed by atoms with Crippen LogP contribution in [0.15, 0.2) is 18.3 Å². The number of rotatable bonds is 2. The number of pyridine rings is 1. The first-order chi connectivity index (χ1) is 9.38. The van der Waals surface area contributed by atoms with Gasteiger partial charge in [-0.25, -0.2) is 0 Å². The average Bonchev–Trinajstić information content (AvgIpc) is 2.40. The van der Waals surface area contributed by atoms with Crippen LogP contribution >= 0.6 is 24.8 Å². The third-order valence-corrected chi connectivity index (χ3v) is 3.39. The fraction of sp³-hybridized carbons (Fsp3) is 0.538. The molecule has 9 heteroatoms. The van der Waals surface area contributed by atoms with Crippen LogP contribution in [0.2, 0.25) is 0 Å². The number of halogens is 5. The summed E-state index contributed by atoms with van der Waals surface area (Å²) in [6.07, 6.45) is -1.72. The number of piperidine rings is 1. The van der Waals surface area contributed by atoms with Crippen molar-refractivity contribution in [2.45, 2.75) is 38.0 Å². The molecule has 0 radical (unpaired) electrons. The van der Waals surface area contributed by atoms with Crippen molar-refractivity contribution in [3.63, 3.8) is 0 Å². The molecule has 2 N–H and O–H groups in total. The van der Waals surface area contributed by atoms with Gasteiger partial charge in [0.15, 0.2) is 0 Å². The highest BCUT2D eigenvalue weighted by Gasteiger charge is 2.32. The molecular formula is C13H18Cl2F3N3O.